The number of allylic oxidation sites excluding steroid dienone is 2. The third-order valence-electron chi connectivity index (χ3n) is 2.97. The van der Waals surface area contributed by atoms with Crippen LogP contribution in [0.2, 0.25) is 0 Å². The highest BCUT2D eigenvalue weighted by molar-refractivity contribution is 5.95. The first-order chi connectivity index (χ1) is 7.00. The van der Waals surface area contributed by atoms with Crippen LogP contribution < -0.4 is 0 Å². The van der Waals surface area contributed by atoms with Gasteiger partial charge < -0.3 is 4.74 Å². The van der Waals surface area contributed by atoms with Crippen molar-refractivity contribution in [1.29, 1.82) is 0 Å². The van der Waals surface area contributed by atoms with Crippen molar-refractivity contribution < 1.29 is 14.3 Å². The molecule has 1 aliphatic rings. The smallest absolute Gasteiger partial charge is 0.302 e. The van der Waals surface area contributed by atoms with E-state index in [2.05, 4.69) is 0 Å². The summed E-state index contributed by atoms with van der Waals surface area (Å²) in [5.74, 6) is 0.541. The molecular formula is C12H18O3. The number of carbonyl (C=O) groups excluding carboxylic acids is 2. The van der Waals surface area contributed by atoms with Crippen molar-refractivity contribution in [3.8, 4) is 0 Å². The molecule has 1 aliphatic carbocycles. The maximum atomic E-state index is 11.5. The van der Waals surface area contributed by atoms with Crippen LogP contribution in [0.15, 0.2) is 11.6 Å². The van der Waals surface area contributed by atoms with Crippen LogP contribution >= 0.6 is 0 Å². The van der Waals surface area contributed by atoms with Crippen molar-refractivity contribution in [2.45, 2.75) is 33.6 Å². The number of hydrogen-bond acceptors (Lipinski definition) is 3. The number of Topliss-reactive ketones (excluding diaryl/α,β-unsaturated/α-hetero) is 1. The second-order valence-electron chi connectivity index (χ2n) is 4.29. The fourth-order valence-corrected chi connectivity index (χ4v) is 1.74. The van der Waals surface area contributed by atoms with Crippen LogP contribution in [0.1, 0.15) is 33.6 Å². The Labute approximate surface area is 90.5 Å². The zero-order valence-corrected chi connectivity index (χ0v) is 9.58. The Morgan fingerprint density at radius 1 is 1.67 bits per heavy atom. The van der Waals surface area contributed by atoms with Gasteiger partial charge in [0.25, 0.3) is 0 Å². The first-order valence-corrected chi connectivity index (χ1v) is 5.34. The molecule has 0 spiro atoms. The molecule has 0 fully saturated rings. The van der Waals surface area contributed by atoms with Gasteiger partial charge in [0, 0.05) is 13.3 Å². The van der Waals surface area contributed by atoms with E-state index in [1.165, 1.54) is 6.92 Å². The predicted molar refractivity (Wildman–Crippen MR) is 57.3 cm³/mol. The highest BCUT2D eigenvalue weighted by Crippen LogP contribution is 2.27. The van der Waals surface area contributed by atoms with Crippen molar-refractivity contribution in [2.24, 2.45) is 11.8 Å². The van der Waals surface area contributed by atoms with Gasteiger partial charge in [-0.2, -0.15) is 0 Å². The molecular weight excluding hydrogens is 192 g/mol. The number of ether oxygens (including phenoxy) is 1. The fourth-order valence-electron chi connectivity index (χ4n) is 1.74. The number of ketones is 1. The Hall–Kier alpha value is -1.12. The third-order valence-corrected chi connectivity index (χ3v) is 2.97. The summed E-state index contributed by atoms with van der Waals surface area (Å²) in [6.45, 7) is 5.70. The predicted octanol–water partition coefficient (Wildman–Crippen LogP) is 2.11. The quantitative estimate of drug-likeness (QED) is 0.670. The molecule has 0 heterocycles. The highest BCUT2D eigenvalue weighted by Gasteiger charge is 2.24. The van der Waals surface area contributed by atoms with Gasteiger partial charge in [-0.3, -0.25) is 9.59 Å². The van der Waals surface area contributed by atoms with Gasteiger partial charge in [-0.05, 0) is 30.8 Å². The average molecular weight is 210 g/mol. The van der Waals surface area contributed by atoms with Crippen LogP contribution in [0.4, 0.5) is 0 Å². The summed E-state index contributed by atoms with van der Waals surface area (Å²) in [4.78, 5) is 22.1. The van der Waals surface area contributed by atoms with Crippen LogP contribution in [0.5, 0.6) is 0 Å². The summed E-state index contributed by atoms with van der Waals surface area (Å²) in [7, 11) is 0. The minimum absolute atomic E-state index is 0.223. The summed E-state index contributed by atoms with van der Waals surface area (Å²) in [6, 6.07) is 0. The molecule has 0 N–H and O–H groups in total. The summed E-state index contributed by atoms with van der Waals surface area (Å²) >= 11 is 0. The summed E-state index contributed by atoms with van der Waals surface area (Å²) in [5.41, 5.74) is 0.867. The van der Waals surface area contributed by atoms with Crippen LogP contribution in [0.25, 0.3) is 0 Å². The average Bonchev–Trinajstić information content (AvgIpc) is 2.18. The Kier molecular flexibility index (Phi) is 4.06. The minimum Gasteiger partial charge on any atom is -0.466 e. The van der Waals surface area contributed by atoms with Crippen LogP contribution in [-0.2, 0) is 14.3 Å². The number of esters is 1. The molecule has 0 aromatic heterocycles. The SMILES string of the molecule is CC(=O)OCC(C)[C@@H]1CC=C(C)C(=O)C1. The van der Waals surface area contributed by atoms with E-state index in [0.29, 0.717) is 18.9 Å². The summed E-state index contributed by atoms with van der Waals surface area (Å²) in [6.07, 6.45) is 3.49. The van der Waals surface area contributed by atoms with Crippen molar-refractivity contribution in [2.75, 3.05) is 6.61 Å². The second kappa shape index (κ2) is 5.10. The van der Waals surface area contributed by atoms with Crippen LogP contribution in [0, 0.1) is 11.8 Å². The Bertz CT molecular complexity index is 291. The van der Waals surface area contributed by atoms with E-state index in [1.807, 2.05) is 19.9 Å². The van der Waals surface area contributed by atoms with Gasteiger partial charge in [0.1, 0.15) is 0 Å². The Morgan fingerprint density at radius 3 is 2.87 bits per heavy atom. The zero-order chi connectivity index (χ0) is 11.4. The van der Waals surface area contributed by atoms with Gasteiger partial charge >= 0.3 is 5.97 Å². The number of carbonyl (C=O) groups is 2. The van der Waals surface area contributed by atoms with Gasteiger partial charge in [-0.15, -0.1) is 0 Å². The molecule has 0 bridgehead atoms. The van der Waals surface area contributed by atoms with Gasteiger partial charge in [0.15, 0.2) is 5.78 Å². The van der Waals surface area contributed by atoms with Crippen molar-refractivity contribution >= 4 is 11.8 Å². The molecule has 2 atom stereocenters. The van der Waals surface area contributed by atoms with E-state index in [4.69, 9.17) is 4.74 Å². The molecule has 1 unspecified atom stereocenters. The Morgan fingerprint density at radius 2 is 2.33 bits per heavy atom. The van der Waals surface area contributed by atoms with Gasteiger partial charge in [-0.25, -0.2) is 0 Å². The molecule has 3 nitrogen and oxygen atoms in total. The normalized spacial score (nSPS) is 23.3. The monoisotopic (exact) mass is 210 g/mol. The standard InChI is InChI=1S/C12H18O3/c1-8-4-5-11(6-12(8)14)9(2)7-15-10(3)13/h4,9,11H,5-7H2,1-3H3/t9?,11-/m1/s1. The largest absolute Gasteiger partial charge is 0.466 e. The minimum atomic E-state index is -0.254. The molecule has 1 rings (SSSR count). The van der Waals surface area contributed by atoms with Crippen molar-refractivity contribution in [3.05, 3.63) is 11.6 Å². The van der Waals surface area contributed by atoms with E-state index >= 15 is 0 Å². The van der Waals surface area contributed by atoms with E-state index in [1.54, 1.807) is 0 Å². The number of rotatable bonds is 3. The first-order valence-electron chi connectivity index (χ1n) is 5.34. The van der Waals surface area contributed by atoms with Crippen molar-refractivity contribution in [3.63, 3.8) is 0 Å². The van der Waals surface area contributed by atoms with E-state index in [0.717, 1.165) is 12.0 Å². The molecule has 0 saturated heterocycles. The van der Waals surface area contributed by atoms with Crippen LogP contribution in [-0.4, -0.2) is 18.4 Å². The third kappa shape index (κ3) is 3.50. The molecule has 0 aromatic rings. The lowest BCUT2D eigenvalue weighted by atomic mass is 9.81. The Balaban J connectivity index is 2.45. The second-order valence-corrected chi connectivity index (χ2v) is 4.29. The van der Waals surface area contributed by atoms with Crippen molar-refractivity contribution in [1.82, 2.24) is 0 Å². The van der Waals surface area contributed by atoms with Crippen LogP contribution in [0.3, 0.4) is 0 Å². The molecule has 0 radical (unpaired) electrons. The molecule has 3 heteroatoms. The van der Waals surface area contributed by atoms with E-state index < -0.39 is 0 Å². The van der Waals surface area contributed by atoms with E-state index in [-0.39, 0.29) is 17.7 Å². The maximum absolute atomic E-state index is 11.5. The van der Waals surface area contributed by atoms with Gasteiger partial charge in [0.05, 0.1) is 6.61 Å². The molecule has 0 amide bonds. The summed E-state index contributed by atoms with van der Waals surface area (Å²) in [5, 5.41) is 0. The molecule has 15 heavy (non-hydrogen) atoms. The molecule has 0 aliphatic heterocycles. The molecule has 84 valence electrons. The van der Waals surface area contributed by atoms with E-state index in [9.17, 15) is 9.59 Å². The van der Waals surface area contributed by atoms with Gasteiger partial charge in [0.2, 0.25) is 0 Å². The van der Waals surface area contributed by atoms with Gasteiger partial charge in [-0.1, -0.05) is 13.0 Å². The highest BCUT2D eigenvalue weighted by atomic mass is 16.5. The zero-order valence-electron chi connectivity index (χ0n) is 9.58. The maximum Gasteiger partial charge on any atom is 0.302 e. The lowest BCUT2D eigenvalue weighted by Gasteiger charge is -2.25. The fraction of sp³-hybridized carbons (Fsp3) is 0.667. The number of hydrogen-bond donors (Lipinski definition) is 0. The first kappa shape index (κ1) is 12.0. The lowest BCUT2D eigenvalue weighted by molar-refractivity contribution is -0.142. The molecule has 0 saturated carbocycles. The lowest BCUT2D eigenvalue weighted by Crippen LogP contribution is -2.24. The topological polar surface area (TPSA) is 43.4 Å². The summed E-state index contributed by atoms with van der Waals surface area (Å²) < 4.78 is 4.95. The molecule has 0 aromatic carbocycles.